The van der Waals surface area contributed by atoms with Gasteiger partial charge in [-0.1, -0.05) is 67.6 Å². The third-order valence-electron chi connectivity index (χ3n) is 7.79. The minimum Gasteiger partial charge on any atom is -0.508 e. The predicted molar refractivity (Wildman–Crippen MR) is 165 cm³/mol. The van der Waals surface area contributed by atoms with E-state index in [1.807, 2.05) is 82.3 Å². The maximum absolute atomic E-state index is 13.9. The number of carbonyl (C=O) groups is 3. The van der Waals surface area contributed by atoms with Gasteiger partial charge >= 0.3 is 0 Å². The second kappa shape index (κ2) is 13.4. The first-order valence-corrected chi connectivity index (χ1v) is 15.1. The van der Waals surface area contributed by atoms with Crippen LogP contribution in [0.2, 0.25) is 0 Å². The molecule has 0 saturated carbocycles. The summed E-state index contributed by atoms with van der Waals surface area (Å²) in [5.41, 5.74) is 3.62. The van der Waals surface area contributed by atoms with E-state index < -0.39 is 34.7 Å². The minimum atomic E-state index is -1.61. The first-order valence-electron chi connectivity index (χ1n) is 14.1. The number of carbonyl (C=O) groups excluding carboxylic acids is 3. The van der Waals surface area contributed by atoms with Crippen molar-refractivity contribution in [3.8, 4) is 5.75 Å². The molecule has 3 aromatic carbocycles. The van der Waals surface area contributed by atoms with Crippen molar-refractivity contribution >= 4 is 29.5 Å². The molecule has 4 rings (SSSR count). The number of aliphatic hydroxyl groups is 1. The number of hydrogen-bond donors (Lipinski definition) is 4. The van der Waals surface area contributed by atoms with Crippen LogP contribution >= 0.6 is 11.8 Å². The SMILES string of the molecule is CCc1c(O)cccc1C(=O)NC(Cc1ccccc1)C(O)C(=O)N1CSC(C)(C)[C@H]1C(=O)NCc1ccccc1C. The lowest BCUT2D eigenvalue weighted by Crippen LogP contribution is -2.58. The summed E-state index contributed by atoms with van der Waals surface area (Å²) in [5.74, 6) is -1.19. The predicted octanol–water partition coefficient (Wildman–Crippen LogP) is 3.96. The molecule has 1 aliphatic rings. The van der Waals surface area contributed by atoms with Gasteiger partial charge in [-0.3, -0.25) is 14.4 Å². The third-order valence-corrected chi connectivity index (χ3v) is 9.16. The van der Waals surface area contributed by atoms with E-state index in [-0.39, 0.29) is 29.5 Å². The summed E-state index contributed by atoms with van der Waals surface area (Å²) in [6, 6.07) is 20.0. The van der Waals surface area contributed by atoms with Gasteiger partial charge in [-0.05, 0) is 62.4 Å². The number of hydrogen-bond acceptors (Lipinski definition) is 6. The Labute approximate surface area is 251 Å². The average Bonchev–Trinajstić information content (AvgIpc) is 3.30. The van der Waals surface area contributed by atoms with Crippen LogP contribution in [-0.4, -0.2) is 61.6 Å². The van der Waals surface area contributed by atoms with Gasteiger partial charge < -0.3 is 25.7 Å². The van der Waals surface area contributed by atoms with E-state index in [4.69, 9.17) is 0 Å². The molecular weight excluding hydrogens is 550 g/mol. The van der Waals surface area contributed by atoms with Gasteiger partial charge in [0.15, 0.2) is 6.10 Å². The molecule has 9 heteroatoms. The zero-order chi connectivity index (χ0) is 30.4. The number of aliphatic hydroxyl groups excluding tert-OH is 1. The fraction of sp³-hybridized carbons (Fsp3) is 0.364. The van der Waals surface area contributed by atoms with Crippen molar-refractivity contribution in [3.05, 3.63) is 101 Å². The van der Waals surface area contributed by atoms with E-state index in [0.29, 0.717) is 18.5 Å². The lowest BCUT2D eigenvalue weighted by Gasteiger charge is -2.33. The number of phenols is 1. The minimum absolute atomic E-state index is 0.0113. The highest BCUT2D eigenvalue weighted by Crippen LogP contribution is 2.40. The van der Waals surface area contributed by atoms with Crippen LogP contribution in [0.1, 0.15) is 53.4 Å². The number of nitrogens with zero attached hydrogens (tertiary/aromatic N) is 1. The van der Waals surface area contributed by atoms with Gasteiger partial charge in [-0.15, -0.1) is 11.8 Å². The number of rotatable bonds is 10. The van der Waals surface area contributed by atoms with Crippen LogP contribution in [0, 0.1) is 6.92 Å². The van der Waals surface area contributed by atoms with Crippen molar-refractivity contribution in [2.45, 2.75) is 70.0 Å². The number of thioether (sulfide) groups is 1. The van der Waals surface area contributed by atoms with E-state index in [1.165, 1.54) is 22.7 Å². The lowest BCUT2D eigenvalue weighted by molar-refractivity contribution is -0.147. The maximum Gasteiger partial charge on any atom is 0.254 e. The Morgan fingerprint density at radius 1 is 1.02 bits per heavy atom. The second-order valence-corrected chi connectivity index (χ2v) is 12.7. The smallest absolute Gasteiger partial charge is 0.254 e. The zero-order valence-corrected chi connectivity index (χ0v) is 25.3. The highest BCUT2D eigenvalue weighted by atomic mass is 32.2. The standard InChI is InChI=1S/C33H39N3O5S/c1-5-24-25(16-11-17-27(24)37)30(39)35-26(18-22-13-7-6-8-14-22)28(38)32(41)36-20-42-33(3,4)29(36)31(40)34-19-23-15-10-9-12-21(23)2/h6-17,26,28-29,37-38H,5,18-20H2,1-4H3,(H,34,40)(H,35,39)/t26?,28?,29-/m1/s1. The molecule has 3 amide bonds. The van der Waals surface area contributed by atoms with Crippen LogP contribution < -0.4 is 10.6 Å². The molecule has 2 unspecified atom stereocenters. The van der Waals surface area contributed by atoms with Gasteiger partial charge in [-0.2, -0.15) is 0 Å². The quantitative estimate of drug-likeness (QED) is 0.284. The molecule has 1 aliphatic heterocycles. The van der Waals surface area contributed by atoms with Gasteiger partial charge in [0.25, 0.3) is 11.8 Å². The van der Waals surface area contributed by atoms with E-state index in [9.17, 15) is 24.6 Å². The first-order chi connectivity index (χ1) is 20.0. The second-order valence-electron chi connectivity index (χ2n) is 11.1. The van der Waals surface area contributed by atoms with Crippen molar-refractivity contribution in [3.63, 3.8) is 0 Å². The van der Waals surface area contributed by atoms with Crippen LogP contribution in [0.15, 0.2) is 72.8 Å². The topological polar surface area (TPSA) is 119 Å². The van der Waals surface area contributed by atoms with Crippen LogP contribution in [0.4, 0.5) is 0 Å². The number of nitrogens with one attached hydrogen (secondary N) is 2. The number of amides is 3. The Bertz CT molecular complexity index is 1430. The van der Waals surface area contributed by atoms with E-state index in [1.54, 1.807) is 12.1 Å². The lowest BCUT2D eigenvalue weighted by atomic mass is 9.96. The summed E-state index contributed by atoms with van der Waals surface area (Å²) in [5, 5.41) is 27.6. The summed E-state index contributed by atoms with van der Waals surface area (Å²) in [6.07, 6.45) is -0.994. The monoisotopic (exact) mass is 589 g/mol. The molecule has 222 valence electrons. The summed E-state index contributed by atoms with van der Waals surface area (Å²) in [6.45, 7) is 7.95. The van der Waals surface area contributed by atoms with Gasteiger partial charge in [0.1, 0.15) is 11.8 Å². The Morgan fingerprint density at radius 3 is 2.40 bits per heavy atom. The molecule has 3 aromatic rings. The largest absolute Gasteiger partial charge is 0.508 e. The van der Waals surface area contributed by atoms with Gasteiger partial charge in [0.2, 0.25) is 5.91 Å². The summed E-state index contributed by atoms with van der Waals surface area (Å²) < 4.78 is -0.596. The number of benzene rings is 3. The third kappa shape index (κ3) is 6.97. The molecule has 1 fully saturated rings. The first kappa shape index (κ1) is 31.1. The number of aryl methyl sites for hydroxylation is 1. The Hall–Kier alpha value is -3.82. The molecule has 1 saturated heterocycles. The molecule has 0 bridgehead atoms. The fourth-order valence-corrected chi connectivity index (χ4v) is 6.50. The molecule has 0 aliphatic carbocycles. The Morgan fingerprint density at radius 2 is 1.71 bits per heavy atom. The molecule has 4 N–H and O–H groups in total. The van der Waals surface area contributed by atoms with Gasteiger partial charge in [-0.25, -0.2) is 0 Å². The Balaban J connectivity index is 1.57. The Kier molecular flexibility index (Phi) is 9.96. The summed E-state index contributed by atoms with van der Waals surface area (Å²) in [7, 11) is 0. The van der Waals surface area contributed by atoms with E-state index in [2.05, 4.69) is 10.6 Å². The highest BCUT2D eigenvalue weighted by Gasteiger charge is 2.49. The molecule has 0 spiro atoms. The molecule has 3 atom stereocenters. The average molecular weight is 590 g/mol. The van der Waals surface area contributed by atoms with Crippen molar-refractivity contribution in [1.82, 2.24) is 15.5 Å². The van der Waals surface area contributed by atoms with Gasteiger partial charge in [0.05, 0.1) is 11.9 Å². The summed E-state index contributed by atoms with van der Waals surface area (Å²) in [4.78, 5) is 42.2. The molecule has 1 heterocycles. The molecule has 0 aromatic heterocycles. The van der Waals surface area contributed by atoms with Crippen LogP contribution in [0.3, 0.4) is 0 Å². The maximum atomic E-state index is 13.9. The molecule has 8 nitrogen and oxygen atoms in total. The highest BCUT2D eigenvalue weighted by molar-refractivity contribution is 8.00. The van der Waals surface area contributed by atoms with Crippen LogP contribution in [0.5, 0.6) is 5.75 Å². The van der Waals surface area contributed by atoms with Crippen molar-refractivity contribution in [2.75, 3.05) is 5.88 Å². The molecule has 42 heavy (non-hydrogen) atoms. The van der Waals surface area contributed by atoms with Crippen molar-refractivity contribution in [1.29, 1.82) is 0 Å². The normalized spacial score (nSPS) is 17.4. The van der Waals surface area contributed by atoms with E-state index in [0.717, 1.165) is 16.7 Å². The molecule has 0 radical (unpaired) electrons. The van der Waals surface area contributed by atoms with Crippen molar-refractivity contribution < 1.29 is 24.6 Å². The van der Waals surface area contributed by atoms with E-state index >= 15 is 0 Å². The fourth-order valence-electron chi connectivity index (χ4n) is 5.36. The molecular formula is C33H39N3O5S. The van der Waals surface area contributed by atoms with Crippen LogP contribution in [-0.2, 0) is 29.0 Å². The van der Waals surface area contributed by atoms with Crippen molar-refractivity contribution in [2.24, 2.45) is 0 Å². The number of aromatic hydroxyl groups is 1. The summed E-state index contributed by atoms with van der Waals surface area (Å²) >= 11 is 1.47. The number of phenolic OH excluding ortho intramolecular Hbond substituents is 1. The van der Waals surface area contributed by atoms with Crippen LogP contribution in [0.25, 0.3) is 0 Å². The van der Waals surface area contributed by atoms with Gasteiger partial charge in [0, 0.05) is 22.4 Å². The zero-order valence-electron chi connectivity index (χ0n) is 24.5.